The van der Waals surface area contributed by atoms with Crippen molar-refractivity contribution in [3.8, 4) is 0 Å². The van der Waals surface area contributed by atoms with Crippen LogP contribution < -0.4 is 0 Å². The number of hydrogen-bond donors (Lipinski definition) is 1. The van der Waals surface area contributed by atoms with E-state index in [9.17, 15) is 9.18 Å². The highest BCUT2D eigenvalue weighted by Crippen LogP contribution is 2.13. The molecule has 1 N–H and O–H groups in total. The van der Waals surface area contributed by atoms with Gasteiger partial charge in [-0.25, -0.2) is 9.18 Å². The van der Waals surface area contributed by atoms with Gasteiger partial charge in [0.1, 0.15) is 5.82 Å². The topological polar surface area (TPSA) is 40.5 Å². The number of hydrogen-bond acceptors (Lipinski definition) is 2. The second kappa shape index (κ2) is 6.35. The fourth-order valence-corrected chi connectivity index (χ4v) is 1.71. The van der Waals surface area contributed by atoms with Gasteiger partial charge in [-0.2, -0.15) is 0 Å². The number of carboxylic acids is 1. The molecule has 0 radical (unpaired) electrons. The van der Waals surface area contributed by atoms with Gasteiger partial charge >= 0.3 is 5.97 Å². The lowest BCUT2D eigenvalue weighted by atomic mass is 10.1. The summed E-state index contributed by atoms with van der Waals surface area (Å²) in [6.07, 6.45) is 1.02. The van der Waals surface area contributed by atoms with Crippen molar-refractivity contribution in [2.45, 2.75) is 26.8 Å². The Labute approximate surface area is 101 Å². The van der Waals surface area contributed by atoms with Crippen molar-refractivity contribution in [3.05, 3.63) is 35.1 Å². The molecule has 0 fully saturated rings. The smallest absolute Gasteiger partial charge is 0.335 e. The van der Waals surface area contributed by atoms with E-state index in [1.54, 1.807) is 6.07 Å². The van der Waals surface area contributed by atoms with Gasteiger partial charge in [-0.15, -0.1) is 0 Å². The van der Waals surface area contributed by atoms with Crippen LogP contribution in [0.15, 0.2) is 18.2 Å². The molecule has 94 valence electrons. The predicted molar refractivity (Wildman–Crippen MR) is 64.6 cm³/mol. The maximum absolute atomic E-state index is 13.7. The number of carbonyl (C=O) groups is 1. The van der Waals surface area contributed by atoms with E-state index in [0.717, 1.165) is 25.6 Å². The van der Waals surface area contributed by atoms with Crippen LogP contribution in [0.5, 0.6) is 0 Å². The zero-order valence-corrected chi connectivity index (χ0v) is 10.2. The first kappa shape index (κ1) is 13.6. The maximum atomic E-state index is 13.7. The summed E-state index contributed by atoms with van der Waals surface area (Å²) >= 11 is 0. The predicted octanol–water partition coefficient (Wildman–Crippen LogP) is 2.76. The van der Waals surface area contributed by atoms with E-state index >= 15 is 0 Å². The molecule has 0 amide bonds. The molecular formula is C13H18FNO2. The number of rotatable bonds is 6. The van der Waals surface area contributed by atoms with E-state index in [0.29, 0.717) is 12.1 Å². The molecule has 0 aliphatic rings. The minimum atomic E-state index is -1.10. The molecule has 0 saturated heterocycles. The Bertz CT molecular complexity index is 393. The van der Waals surface area contributed by atoms with Crippen molar-refractivity contribution in [2.75, 3.05) is 13.1 Å². The number of aromatic carboxylic acids is 1. The molecule has 0 heterocycles. The fraction of sp³-hybridized carbons (Fsp3) is 0.462. The van der Waals surface area contributed by atoms with Crippen molar-refractivity contribution >= 4 is 5.97 Å². The van der Waals surface area contributed by atoms with Crippen LogP contribution in [-0.2, 0) is 6.54 Å². The molecule has 3 nitrogen and oxygen atoms in total. The average Bonchev–Trinajstić information content (AvgIpc) is 2.30. The van der Waals surface area contributed by atoms with Gasteiger partial charge in [0.05, 0.1) is 5.56 Å². The highest BCUT2D eigenvalue weighted by atomic mass is 19.1. The van der Waals surface area contributed by atoms with Crippen LogP contribution in [0.3, 0.4) is 0 Å². The summed E-state index contributed by atoms with van der Waals surface area (Å²) in [6.45, 7) is 6.40. The molecule has 0 aliphatic carbocycles. The molecule has 0 atom stereocenters. The molecule has 0 saturated carbocycles. The highest BCUT2D eigenvalue weighted by Gasteiger charge is 2.10. The summed E-state index contributed by atoms with van der Waals surface area (Å²) in [4.78, 5) is 12.8. The molecule has 1 rings (SSSR count). The summed E-state index contributed by atoms with van der Waals surface area (Å²) < 4.78 is 13.7. The summed E-state index contributed by atoms with van der Waals surface area (Å²) in [5.41, 5.74) is 0.537. The summed E-state index contributed by atoms with van der Waals surface area (Å²) in [7, 11) is 0. The minimum Gasteiger partial charge on any atom is -0.478 e. The summed E-state index contributed by atoms with van der Waals surface area (Å²) in [5.74, 6) is -1.55. The van der Waals surface area contributed by atoms with E-state index < -0.39 is 11.8 Å². The van der Waals surface area contributed by atoms with Crippen LogP contribution in [0, 0.1) is 5.82 Å². The Hall–Kier alpha value is -1.42. The van der Waals surface area contributed by atoms with Crippen LogP contribution >= 0.6 is 0 Å². The molecule has 4 heteroatoms. The second-order valence-corrected chi connectivity index (χ2v) is 3.98. The van der Waals surface area contributed by atoms with Crippen LogP contribution in [0.1, 0.15) is 36.2 Å². The van der Waals surface area contributed by atoms with Crippen molar-refractivity contribution < 1.29 is 14.3 Å². The molecular weight excluding hydrogens is 221 g/mol. The molecule has 0 aliphatic heterocycles. The van der Waals surface area contributed by atoms with E-state index in [-0.39, 0.29) is 5.56 Å². The van der Waals surface area contributed by atoms with Crippen molar-refractivity contribution in [2.24, 2.45) is 0 Å². The zero-order chi connectivity index (χ0) is 12.8. The highest BCUT2D eigenvalue weighted by molar-refractivity contribution is 5.87. The lowest BCUT2D eigenvalue weighted by molar-refractivity contribution is 0.0696. The van der Waals surface area contributed by atoms with Crippen molar-refractivity contribution in [3.63, 3.8) is 0 Å². The van der Waals surface area contributed by atoms with E-state index in [1.165, 1.54) is 6.07 Å². The second-order valence-electron chi connectivity index (χ2n) is 3.98. The monoisotopic (exact) mass is 239 g/mol. The number of nitrogens with zero attached hydrogens (tertiary/aromatic N) is 1. The molecule has 0 spiro atoms. The maximum Gasteiger partial charge on any atom is 0.335 e. The standard InChI is InChI=1S/C13H18FNO2/c1-3-7-15(4-2)9-11-6-5-10(13(16)17)8-12(11)14/h5-6,8H,3-4,7,9H2,1-2H3,(H,16,17). The van der Waals surface area contributed by atoms with Crippen LogP contribution in [0.25, 0.3) is 0 Å². The summed E-state index contributed by atoms with van der Waals surface area (Å²) in [6, 6.07) is 4.08. The average molecular weight is 239 g/mol. The van der Waals surface area contributed by atoms with E-state index in [4.69, 9.17) is 5.11 Å². The molecule has 1 aromatic rings. The minimum absolute atomic E-state index is 0.00945. The van der Waals surface area contributed by atoms with Crippen LogP contribution in [0.4, 0.5) is 4.39 Å². The first-order valence-corrected chi connectivity index (χ1v) is 5.82. The number of halogens is 1. The SMILES string of the molecule is CCCN(CC)Cc1ccc(C(=O)O)cc1F. The van der Waals surface area contributed by atoms with Gasteiger partial charge in [-0.1, -0.05) is 19.9 Å². The Kier molecular flexibility index (Phi) is 5.10. The number of carboxylic acid groups (broad SMARTS) is 1. The molecule has 0 aromatic heterocycles. The molecule has 0 unspecified atom stereocenters. The third-order valence-electron chi connectivity index (χ3n) is 2.68. The lowest BCUT2D eigenvalue weighted by Crippen LogP contribution is -2.24. The van der Waals surface area contributed by atoms with Crippen LogP contribution in [0.2, 0.25) is 0 Å². The van der Waals surface area contributed by atoms with Crippen LogP contribution in [-0.4, -0.2) is 29.1 Å². The normalized spacial score (nSPS) is 10.8. The molecule has 1 aromatic carbocycles. The van der Waals surface area contributed by atoms with Crippen molar-refractivity contribution in [1.82, 2.24) is 4.90 Å². The van der Waals surface area contributed by atoms with Gasteiger partial charge < -0.3 is 5.11 Å². The zero-order valence-electron chi connectivity index (χ0n) is 10.2. The first-order chi connectivity index (χ1) is 8.08. The van der Waals surface area contributed by atoms with Gasteiger partial charge in [0.25, 0.3) is 0 Å². The van der Waals surface area contributed by atoms with E-state index in [1.807, 2.05) is 6.92 Å². The lowest BCUT2D eigenvalue weighted by Gasteiger charge is -2.19. The first-order valence-electron chi connectivity index (χ1n) is 5.82. The Morgan fingerprint density at radius 2 is 2.12 bits per heavy atom. The Balaban J connectivity index is 2.81. The van der Waals surface area contributed by atoms with Gasteiger partial charge in [0.15, 0.2) is 0 Å². The van der Waals surface area contributed by atoms with Crippen molar-refractivity contribution in [1.29, 1.82) is 0 Å². The largest absolute Gasteiger partial charge is 0.478 e. The van der Waals surface area contributed by atoms with Gasteiger partial charge in [-0.3, -0.25) is 4.90 Å². The summed E-state index contributed by atoms with van der Waals surface area (Å²) in [5, 5.41) is 8.74. The van der Waals surface area contributed by atoms with Gasteiger partial charge in [-0.05, 0) is 31.6 Å². The third kappa shape index (κ3) is 3.82. The quantitative estimate of drug-likeness (QED) is 0.829. The Morgan fingerprint density at radius 1 is 1.41 bits per heavy atom. The molecule has 17 heavy (non-hydrogen) atoms. The van der Waals surface area contributed by atoms with Gasteiger partial charge in [0, 0.05) is 12.1 Å². The van der Waals surface area contributed by atoms with E-state index in [2.05, 4.69) is 11.8 Å². The number of benzene rings is 1. The Morgan fingerprint density at radius 3 is 2.59 bits per heavy atom. The fourth-order valence-electron chi connectivity index (χ4n) is 1.71. The van der Waals surface area contributed by atoms with Gasteiger partial charge in [0.2, 0.25) is 0 Å². The third-order valence-corrected chi connectivity index (χ3v) is 2.68. The molecule has 0 bridgehead atoms.